The van der Waals surface area contributed by atoms with E-state index in [1.165, 1.54) is 10.9 Å². The summed E-state index contributed by atoms with van der Waals surface area (Å²) in [5.74, 6) is 0.881. The average molecular weight is 388 g/mol. The molecule has 0 radical (unpaired) electrons. The summed E-state index contributed by atoms with van der Waals surface area (Å²) in [7, 11) is 3.10. The highest BCUT2D eigenvalue weighted by Gasteiger charge is 2.10. The van der Waals surface area contributed by atoms with Gasteiger partial charge in [-0.3, -0.25) is 14.2 Å². The second kappa shape index (κ2) is 8.09. The van der Waals surface area contributed by atoms with Crippen LogP contribution in [0, 0.1) is 0 Å². The Morgan fingerprint density at radius 3 is 2.67 bits per heavy atom. The van der Waals surface area contributed by atoms with Crippen molar-refractivity contribution in [3.8, 4) is 11.5 Å². The molecule has 0 aliphatic rings. The molecule has 140 valence electrons. The molecule has 0 aliphatic heterocycles. The zero-order chi connectivity index (χ0) is 19.4. The molecule has 1 N–H and O–H groups in total. The zero-order valence-corrected chi connectivity index (χ0v) is 15.6. The van der Waals surface area contributed by atoms with Crippen LogP contribution in [0.5, 0.6) is 11.5 Å². The highest BCUT2D eigenvalue weighted by molar-refractivity contribution is 6.31. The van der Waals surface area contributed by atoms with E-state index in [2.05, 4.69) is 10.3 Å². The number of benzene rings is 2. The quantitative estimate of drug-likeness (QED) is 0.702. The van der Waals surface area contributed by atoms with Crippen LogP contribution in [0.3, 0.4) is 0 Å². The molecule has 0 saturated carbocycles. The zero-order valence-electron chi connectivity index (χ0n) is 14.9. The molecule has 1 heterocycles. The van der Waals surface area contributed by atoms with Gasteiger partial charge in [-0.2, -0.15) is 0 Å². The second-order valence-corrected chi connectivity index (χ2v) is 6.24. The van der Waals surface area contributed by atoms with Crippen LogP contribution in [0.15, 0.2) is 47.5 Å². The van der Waals surface area contributed by atoms with Gasteiger partial charge in [0.1, 0.15) is 6.54 Å². The Kier molecular flexibility index (Phi) is 5.61. The number of methoxy groups -OCH3 is 2. The molecule has 8 heteroatoms. The molecule has 1 amide bonds. The van der Waals surface area contributed by atoms with Gasteiger partial charge in [-0.15, -0.1) is 0 Å². The second-order valence-electron chi connectivity index (χ2n) is 5.81. The predicted molar refractivity (Wildman–Crippen MR) is 102 cm³/mol. The van der Waals surface area contributed by atoms with E-state index in [0.717, 1.165) is 5.56 Å². The van der Waals surface area contributed by atoms with E-state index in [0.29, 0.717) is 34.0 Å². The Bertz CT molecular complexity index is 1050. The van der Waals surface area contributed by atoms with Crippen molar-refractivity contribution < 1.29 is 14.3 Å². The Hall–Kier alpha value is -3.06. The van der Waals surface area contributed by atoms with Gasteiger partial charge in [0, 0.05) is 11.6 Å². The van der Waals surface area contributed by atoms with Gasteiger partial charge in [-0.1, -0.05) is 17.7 Å². The molecular formula is C19H18ClN3O4. The van der Waals surface area contributed by atoms with E-state index in [1.54, 1.807) is 44.6 Å². The summed E-state index contributed by atoms with van der Waals surface area (Å²) >= 11 is 5.94. The van der Waals surface area contributed by atoms with Crippen molar-refractivity contribution in [3.63, 3.8) is 0 Å². The van der Waals surface area contributed by atoms with Crippen LogP contribution in [-0.4, -0.2) is 29.7 Å². The lowest BCUT2D eigenvalue weighted by atomic mass is 10.2. The van der Waals surface area contributed by atoms with Crippen LogP contribution in [0.2, 0.25) is 5.02 Å². The van der Waals surface area contributed by atoms with E-state index in [-0.39, 0.29) is 18.0 Å². The fourth-order valence-corrected chi connectivity index (χ4v) is 2.82. The van der Waals surface area contributed by atoms with Crippen LogP contribution in [-0.2, 0) is 17.9 Å². The lowest BCUT2D eigenvalue weighted by molar-refractivity contribution is -0.121. The van der Waals surface area contributed by atoms with Gasteiger partial charge in [-0.05, 0) is 35.9 Å². The number of fused-ring (bicyclic) bond motifs is 1. The molecule has 0 atom stereocenters. The monoisotopic (exact) mass is 387 g/mol. The van der Waals surface area contributed by atoms with E-state index in [9.17, 15) is 9.59 Å². The Morgan fingerprint density at radius 2 is 1.93 bits per heavy atom. The number of halogens is 1. The molecule has 27 heavy (non-hydrogen) atoms. The van der Waals surface area contributed by atoms with Crippen molar-refractivity contribution in [1.82, 2.24) is 14.9 Å². The van der Waals surface area contributed by atoms with Gasteiger partial charge in [0.2, 0.25) is 5.91 Å². The summed E-state index contributed by atoms with van der Waals surface area (Å²) in [5.41, 5.74) is 1.06. The van der Waals surface area contributed by atoms with Crippen molar-refractivity contribution in [3.05, 3.63) is 63.7 Å². The molecule has 0 unspecified atom stereocenters. The number of nitrogens with zero attached hydrogens (tertiary/aromatic N) is 2. The summed E-state index contributed by atoms with van der Waals surface area (Å²) in [6, 6.07) is 10.3. The molecule has 0 saturated heterocycles. The van der Waals surface area contributed by atoms with Crippen LogP contribution < -0.4 is 20.3 Å². The Balaban J connectivity index is 1.70. The van der Waals surface area contributed by atoms with Gasteiger partial charge in [0.05, 0.1) is 31.4 Å². The number of carbonyl (C=O) groups excluding carboxylic acids is 1. The summed E-state index contributed by atoms with van der Waals surface area (Å²) in [6.45, 7) is 0.155. The molecule has 3 rings (SSSR count). The first-order valence-corrected chi connectivity index (χ1v) is 8.52. The standard InChI is InChI=1S/C19H18ClN3O4/c1-26-16-6-3-12(7-17(16)27-2)9-21-18(24)10-23-11-22-15-5-4-13(20)8-14(15)19(23)25/h3-8,11H,9-10H2,1-2H3,(H,21,24). The third-order valence-corrected chi connectivity index (χ3v) is 4.27. The number of hydrogen-bond acceptors (Lipinski definition) is 5. The molecular weight excluding hydrogens is 370 g/mol. The van der Waals surface area contributed by atoms with Crippen LogP contribution in [0.4, 0.5) is 0 Å². The Labute approximate surface area is 160 Å². The highest BCUT2D eigenvalue weighted by Crippen LogP contribution is 2.27. The number of aromatic nitrogens is 2. The number of ether oxygens (including phenoxy) is 2. The molecule has 2 aromatic carbocycles. The van der Waals surface area contributed by atoms with Crippen molar-refractivity contribution >= 4 is 28.4 Å². The van der Waals surface area contributed by atoms with Crippen LogP contribution >= 0.6 is 11.6 Å². The smallest absolute Gasteiger partial charge is 0.261 e. The van der Waals surface area contributed by atoms with Gasteiger partial charge in [-0.25, -0.2) is 4.98 Å². The van der Waals surface area contributed by atoms with E-state index in [4.69, 9.17) is 21.1 Å². The number of carbonyl (C=O) groups is 1. The molecule has 1 aromatic heterocycles. The first-order chi connectivity index (χ1) is 13.0. The fourth-order valence-electron chi connectivity index (χ4n) is 2.65. The van der Waals surface area contributed by atoms with Gasteiger partial charge >= 0.3 is 0 Å². The largest absolute Gasteiger partial charge is 0.493 e. The van der Waals surface area contributed by atoms with Crippen molar-refractivity contribution in [2.24, 2.45) is 0 Å². The minimum atomic E-state index is -0.316. The Morgan fingerprint density at radius 1 is 1.15 bits per heavy atom. The maximum atomic E-state index is 12.5. The minimum absolute atomic E-state index is 0.137. The van der Waals surface area contributed by atoms with Crippen molar-refractivity contribution in [1.29, 1.82) is 0 Å². The molecule has 0 aliphatic carbocycles. The molecule has 0 fully saturated rings. The summed E-state index contributed by atoms with van der Waals surface area (Å²) in [4.78, 5) is 28.9. The third kappa shape index (κ3) is 4.20. The van der Waals surface area contributed by atoms with E-state index < -0.39 is 0 Å². The highest BCUT2D eigenvalue weighted by atomic mass is 35.5. The molecule has 3 aromatic rings. The molecule has 0 bridgehead atoms. The molecule has 0 spiro atoms. The predicted octanol–water partition coefficient (Wildman–Crippen LogP) is 2.38. The fraction of sp³-hybridized carbons (Fsp3) is 0.211. The first kappa shape index (κ1) is 18.7. The minimum Gasteiger partial charge on any atom is -0.493 e. The SMILES string of the molecule is COc1ccc(CNC(=O)Cn2cnc3ccc(Cl)cc3c2=O)cc1OC. The van der Waals surface area contributed by atoms with E-state index >= 15 is 0 Å². The van der Waals surface area contributed by atoms with E-state index in [1.807, 2.05) is 6.07 Å². The maximum absolute atomic E-state index is 12.5. The lowest BCUT2D eigenvalue weighted by Gasteiger charge is -2.11. The summed E-state index contributed by atoms with van der Waals surface area (Å²) < 4.78 is 11.7. The van der Waals surface area contributed by atoms with Crippen molar-refractivity contribution in [2.45, 2.75) is 13.1 Å². The number of amides is 1. The number of hydrogen-bond donors (Lipinski definition) is 1. The molecule has 7 nitrogen and oxygen atoms in total. The maximum Gasteiger partial charge on any atom is 0.261 e. The number of rotatable bonds is 6. The van der Waals surface area contributed by atoms with Crippen LogP contribution in [0.25, 0.3) is 10.9 Å². The van der Waals surface area contributed by atoms with Crippen molar-refractivity contribution in [2.75, 3.05) is 14.2 Å². The van der Waals surface area contributed by atoms with Gasteiger partial charge in [0.15, 0.2) is 11.5 Å². The topological polar surface area (TPSA) is 82.5 Å². The third-order valence-electron chi connectivity index (χ3n) is 4.04. The van der Waals surface area contributed by atoms with Gasteiger partial charge < -0.3 is 14.8 Å². The van der Waals surface area contributed by atoms with Gasteiger partial charge in [0.25, 0.3) is 5.56 Å². The average Bonchev–Trinajstić information content (AvgIpc) is 2.68. The first-order valence-electron chi connectivity index (χ1n) is 8.14. The summed E-state index contributed by atoms with van der Waals surface area (Å²) in [6.07, 6.45) is 1.36. The lowest BCUT2D eigenvalue weighted by Crippen LogP contribution is -2.32. The summed E-state index contributed by atoms with van der Waals surface area (Å²) in [5, 5.41) is 3.59. The number of nitrogens with one attached hydrogen (secondary N) is 1. The normalized spacial score (nSPS) is 10.6. The van der Waals surface area contributed by atoms with Crippen LogP contribution in [0.1, 0.15) is 5.56 Å².